The zero-order valence-corrected chi connectivity index (χ0v) is 12.4. The molecular formula is C15H20O3S. The molecule has 104 valence electrons. The molecule has 0 amide bonds. The fourth-order valence-electron chi connectivity index (χ4n) is 2.58. The van der Waals surface area contributed by atoms with Crippen LogP contribution in [0.1, 0.15) is 36.3 Å². The van der Waals surface area contributed by atoms with Gasteiger partial charge in [-0.3, -0.25) is 4.79 Å². The predicted octanol–water partition coefficient (Wildman–Crippen LogP) is 3.69. The normalized spacial score (nSPS) is 16.2. The molecule has 19 heavy (non-hydrogen) atoms. The third kappa shape index (κ3) is 3.24. The van der Waals surface area contributed by atoms with E-state index in [1.54, 1.807) is 18.9 Å². The molecule has 2 rings (SSSR count). The monoisotopic (exact) mass is 280 g/mol. The zero-order valence-electron chi connectivity index (χ0n) is 11.6. The first kappa shape index (κ1) is 14.3. The van der Waals surface area contributed by atoms with E-state index in [0.717, 1.165) is 29.7 Å². The largest absolute Gasteiger partial charge is 0.496 e. The maximum absolute atomic E-state index is 11.1. The summed E-state index contributed by atoms with van der Waals surface area (Å²) in [5, 5.41) is 9.13. The third-order valence-electron chi connectivity index (χ3n) is 3.73. The Balaban J connectivity index is 2.41. The van der Waals surface area contributed by atoms with Gasteiger partial charge in [0.15, 0.2) is 0 Å². The lowest BCUT2D eigenvalue weighted by atomic mass is 9.90. The van der Waals surface area contributed by atoms with E-state index >= 15 is 0 Å². The molecule has 0 aromatic heterocycles. The van der Waals surface area contributed by atoms with Crippen molar-refractivity contribution in [3.63, 3.8) is 0 Å². The third-order valence-corrected chi connectivity index (χ3v) is 4.53. The summed E-state index contributed by atoms with van der Waals surface area (Å²) in [4.78, 5) is 12.3. The molecule has 1 aliphatic rings. The molecule has 0 saturated heterocycles. The number of ether oxygens (including phenoxy) is 1. The Morgan fingerprint density at radius 1 is 1.53 bits per heavy atom. The van der Waals surface area contributed by atoms with E-state index in [1.807, 2.05) is 19.2 Å². The number of aliphatic carboxylic acids is 1. The van der Waals surface area contributed by atoms with Crippen LogP contribution >= 0.6 is 11.8 Å². The Kier molecular flexibility index (Phi) is 4.40. The molecule has 0 heterocycles. The molecule has 0 aliphatic heterocycles. The molecule has 3 nitrogen and oxygen atoms in total. The molecule has 0 radical (unpaired) electrons. The molecule has 1 N–H and O–H groups in total. The van der Waals surface area contributed by atoms with Gasteiger partial charge in [-0.2, -0.15) is 0 Å². The molecule has 1 aliphatic carbocycles. The average molecular weight is 280 g/mol. The van der Waals surface area contributed by atoms with Gasteiger partial charge in [-0.15, -0.1) is 11.8 Å². The fourth-order valence-corrected chi connectivity index (χ4v) is 3.32. The minimum atomic E-state index is -0.719. The molecule has 4 heteroatoms. The number of rotatable bonds is 6. The number of methoxy groups -OCH3 is 1. The van der Waals surface area contributed by atoms with Crippen molar-refractivity contribution in [1.82, 2.24) is 0 Å². The first-order valence-corrected chi connectivity index (χ1v) is 7.73. The standard InChI is InChI=1S/C15H20O3S/c1-9-6-14(19-3)12(7-13(9)18-2)11(8-15(16)17)10-4-5-10/h6-7,10-11H,4-5,8H2,1-3H3,(H,16,17). The number of carboxylic acids is 1. The number of carbonyl (C=O) groups is 1. The minimum absolute atomic E-state index is 0.120. The molecule has 1 atom stereocenters. The zero-order chi connectivity index (χ0) is 14.0. The highest BCUT2D eigenvalue weighted by Crippen LogP contribution is 2.47. The Labute approximate surface area is 118 Å². The Hall–Kier alpha value is -1.16. The van der Waals surface area contributed by atoms with Gasteiger partial charge in [0.2, 0.25) is 0 Å². The number of benzene rings is 1. The van der Waals surface area contributed by atoms with Crippen LogP contribution in [0.4, 0.5) is 0 Å². The maximum atomic E-state index is 11.1. The van der Waals surface area contributed by atoms with E-state index in [-0.39, 0.29) is 12.3 Å². The van der Waals surface area contributed by atoms with Gasteiger partial charge < -0.3 is 9.84 Å². The van der Waals surface area contributed by atoms with Crippen molar-refractivity contribution in [1.29, 1.82) is 0 Å². The van der Waals surface area contributed by atoms with Gasteiger partial charge in [0.1, 0.15) is 5.75 Å². The highest BCUT2D eigenvalue weighted by Gasteiger charge is 2.35. The van der Waals surface area contributed by atoms with Crippen LogP contribution in [0.5, 0.6) is 5.75 Å². The van der Waals surface area contributed by atoms with Gasteiger partial charge in [-0.25, -0.2) is 0 Å². The Morgan fingerprint density at radius 3 is 2.68 bits per heavy atom. The van der Waals surface area contributed by atoms with Crippen LogP contribution < -0.4 is 4.74 Å². The van der Waals surface area contributed by atoms with E-state index in [1.165, 1.54) is 4.90 Å². The first-order chi connectivity index (χ1) is 9.06. The lowest BCUT2D eigenvalue weighted by molar-refractivity contribution is -0.137. The van der Waals surface area contributed by atoms with Crippen molar-refractivity contribution in [3.05, 3.63) is 23.3 Å². The van der Waals surface area contributed by atoms with E-state index in [4.69, 9.17) is 9.84 Å². The smallest absolute Gasteiger partial charge is 0.303 e. The first-order valence-electron chi connectivity index (χ1n) is 6.51. The molecule has 0 bridgehead atoms. The second kappa shape index (κ2) is 5.87. The van der Waals surface area contributed by atoms with E-state index in [9.17, 15) is 4.79 Å². The SMILES string of the molecule is COc1cc(C(CC(=O)O)C2CC2)c(SC)cc1C. The number of hydrogen-bond acceptors (Lipinski definition) is 3. The van der Waals surface area contributed by atoms with Crippen LogP contribution in [0.25, 0.3) is 0 Å². The van der Waals surface area contributed by atoms with Gasteiger partial charge in [-0.05, 0) is 61.1 Å². The summed E-state index contributed by atoms with van der Waals surface area (Å²) in [7, 11) is 1.66. The van der Waals surface area contributed by atoms with Crippen LogP contribution in [0, 0.1) is 12.8 Å². The van der Waals surface area contributed by atoms with Crippen molar-refractivity contribution >= 4 is 17.7 Å². The fraction of sp³-hybridized carbons (Fsp3) is 0.533. The Bertz CT molecular complexity index is 481. The summed E-state index contributed by atoms with van der Waals surface area (Å²) in [5.41, 5.74) is 2.24. The molecule has 1 aromatic rings. The summed E-state index contributed by atoms with van der Waals surface area (Å²) in [6.07, 6.45) is 4.53. The van der Waals surface area contributed by atoms with Crippen molar-refractivity contribution in [2.75, 3.05) is 13.4 Å². The minimum Gasteiger partial charge on any atom is -0.496 e. The highest BCUT2D eigenvalue weighted by atomic mass is 32.2. The van der Waals surface area contributed by atoms with Crippen LogP contribution in [0.2, 0.25) is 0 Å². The predicted molar refractivity (Wildman–Crippen MR) is 77.2 cm³/mol. The summed E-state index contributed by atoms with van der Waals surface area (Å²) in [5.74, 6) is 0.774. The maximum Gasteiger partial charge on any atom is 0.303 e. The van der Waals surface area contributed by atoms with Crippen LogP contribution in [0.15, 0.2) is 17.0 Å². The lowest BCUT2D eigenvalue weighted by Crippen LogP contribution is -2.10. The quantitative estimate of drug-likeness (QED) is 0.807. The van der Waals surface area contributed by atoms with Gasteiger partial charge in [0.05, 0.1) is 13.5 Å². The number of carboxylic acid groups (broad SMARTS) is 1. The topological polar surface area (TPSA) is 46.5 Å². The van der Waals surface area contributed by atoms with E-state index in [2.05, 4.69) is 6.07 Å². The summed E-state index contributed by atoms with van der Waals surface area (Å²) in [6, 6.07) is 4.14. The number of aryl methyl sites for hydroxylation is 1. The van der Waals surface area contributed by atoms with Crippen molar-refractivity contribution < 1.29 is 14.6 Å². The molecule has 0 spiro atoms. The lowest BCUT2D eigenvalue weighted by Gasteiger charge is -2.20. The van der Waals surface area contributed by atoms with Crippen LogP contribution in [0.3, 0.4) is 0 Å². The van der Waals surface area contributed by atoms with Gasteiger partial charge >= 0.3 is 5.97 Å². The number of thioether (sulfide) groups is 1. The second-order valence-electron chi connectivity index (χ2n) is 5.11. The van der Waals surface area contributed by atoms with E-state index < -0.39 is 5.97 Å². The molecular weight excluding hydrogens is 260 g/mol. The van der Waals surface area contributed by atoms with Crippen molar-refractivity contribution in [3.8, 4) is 5.75 Å². The Morgan fingerprint density at radius 2 is 2.21 bits per heavy atom. The van der Waals surface area contributed by atoms with E-state index in [0.29, 0.717) is 5.92 Å². The molecule has 1 aromatic carbocycles. The molecule has 1 saturated carbocycles. The van der Waals surface area contributed by atoms with Gasteiger partial charge in [-0.1, -0.05) is 0 Å². The second-order valence-corrected chi connectivity index (χ2v) is 5.95. The van der Waals surface area contributed by atoms with Gasteiger partial charge in [0.25, 0.3) is 0 Å². The highest BCUT2D eigenvalue weighted by molar-refractivity contribution is 7.98. The number of hydrogen-bond donors (Lipinski definition) is 1. The summed E-state index contributed by atoms with van der Waals surface area (Å²) >= 11 is 1.68. The van der Waals surface area contributed by atoms with Crippen LogP contribution in [-0.4, -0.2) is 24.4 Å². The van der Waals surface area contributed by atoms with Crippen LogP contribution in [-0.2, 0) is 4.79 Å². The average Bonchev–Trinajstić information content (AvgIpc) is 3.19. The summed E-state index contributed by atoms with van der Waals surface area (Å²) < 4.78 is 5.38. The molecule has 1 unspecified atom stereocenters. The summed E-state index contributed by atoms with van der Waals surface area (Å²) in [6.45, 7) is 2.02. The van der Waals surface area contributed by atoms with Gasteiger partial charge in [0, 0.05) is 4.90 Å². The molecule has 1 fully saturated rings. The van der Waals surface area contributed by atoms with Crippen molar-refractivity contribution in [2.24, 2.45) is 5.92 Å². The van der Waals surface area contributed by atoms with Crippen molar-refractivity contribution in [2.45, 2.75) is 37.0 Å².